The lowest BCUT2D eigenvalue weighted by Crippen LogP contribution is -1.93. The van der Waals surface area contributed by atoms with Gasteiger partial charge in [-0.25, -0.2) is 4.98 Å². The summed E-state index contributed by atoms with van der Waals surface area (Å²) in [6, 6.07) is 8.09. The minimum Gasteiger partial charge on any atom is -0.493 e. The summed E-state index contributed by atoms with van der Waals surface area (Å²) in [6.45, 7) is 0. The molecule has 4 heteroatoms. The molecule has 0 fully saturated rings. The van der Waals surface area contributed by atoms with Crippen LogP contribution in [0.1, 0.15) is 25.0 Å². The van der Waals surface area contributed by atoms with E-state index in [-0.39, 0.29) is 12.4 Å². The van der Waals surface area contributed by atoms with Gasteiger partial charge in [0.1, 0.15) is 0 Å². The highest BCUT2D eigenvalue weighted by Gasteiger charge is 2.11. The highest BCUT2D eigenvalue weighted by Crippen LogP contribution is 2.33. The molecule has 0 N–H and O–H groups in total. The number of pyridine rings is 1. The number of ether oxygens (including phenoxy) is 2. The van der Waals surface area contributed by atoms with Crippen LogP contribution < -0.4 is 9.47 Å². The van der Waals surface area contributed by atoms with Crippen molar-refractivity contribution in [1.29, 1.82) is 0 Å². The molecular weight excluding hydrogens is 274 g/mol. The molecular formula is C16H18ClNO2. The molecule has 20 heavy (non-hydrogen) atoms. The maximum Gasteiger partial charge on any atom is 0.162 e. The number of hydrogen-bond acceptors (Lipinski definition) is 3. The fraction of sp³-hybridized carbons (Fsp3) is 0.312. The normalized spacial score (nSPS) is 13.8. The predicted molar refractivity (Wildman–Crippen MR) is 83.9 cm³/mol. The van der Waals surface area contributed by atoms with Crippen LogP contribution in [0.3, 0.4) is 0 Å². The van der Waals surface area contributed by atoms with Crippen molar-refractivity contribution < 1.29 is 9.47 Å². The van der Waals surface area contributed by atoms with E-state index in [4.69, 9.17) is 14.5 Å². The number of methoxy groups -OCH3 is 2. The largest absolute Gasteiger partial charge is 0.493 e. The van der Waals surface area contributed by atoms with Crippen molar-refractivity contribution in [3.63, 3.8) is 0 Å². The van der Waals surface area contributed by atoms with Crippen molar-refractivity contribution in [2.75, 3.05) is 14.2 Å². The molecule has 1 heterocycles. The van der Waals surface area contributed by atoms with Crippen LogP contribution in [0.5, 0.6) is 11.5 Å². The molecule has 0 amide bonds. The van der Waals surface area contributed by atoms with Crippen LogP contribution in [0, 0.1) is 0 Å². The summed E-state index contributed by atoms with van der Waals surface area (Å²) in [5, 5.41) is 1.07. The highest BCUT2D eigenvalue weighted by molar-refractivity contribution is 5.85. The second kappa shape index (κ2) is 6.14. The first-order valence-corrected chi connectivity index (χ1v) is 6.54. The molecule has 0 radical (unpaired) electrons. The first kappa shape index (κ1) is 14.7. The monoisotopic (exact) mass is 291 g/mol. The van der Waals surface area contributed by atoms with Gasteiger partial charge in [0, 0.05) is 11.5 Å². The molecule has 1 aliphatic rings. The van der Waals surface area contributed by atoms with Crippen LogP contribution in [0.15, 0.2) is 30.3 Å². The third-order valence-electron chi connectivity index (χ3n) is 3.56. The molecule has 0 saturated carbocycles. The topological polar surface area (TPSA) is 31.4 Å². The van der Waals surface area contributed by atoms with Gasteiger partial charge in [-0.15, -0.1) is 12.4 Å². The van der Waals surface area contributed by atoms with Gasteiger partial charge in [0.15, 0.2) is 11.5 Å². The Labute approximate surface area is 125 Å². The zero-order chi connectivity index (χ0) is 13.2. The Morgan fingerprint density at radius 1 is 1.05 bits per heavy atom. The number of fused-ring (bicyclic) bond motifs is 1. The van der Waals surface area contributed by atoms with Gasteiger partial charge < -0.3 is 9.47 Å². The zero-order valence-electron chi connectivity index (χ0n) is 11.7. The molecule has 2 aromatic rings. The number of halogens is 1. The molecule has 1 aromatic carbocycles. The third-order valence-corrected chi connectivity index (χ3v) is 3.56. The fourth-order valence-electron chi connectivity index (χ4n) is 2.53. The lowest BCUT2D eigenvalue weighted by atomic mass is 10.1. The van der Waals surface area contributed by atoms with Gasteiger partial charge in [-0.3, -0.25) is 0 Å². The molecule has 3 nitrogen and oxygen atoms in total. The molecule has 0 spiro atoms. The quantitative estimate of drug-likeness (QED) is 0.847. The van der Waals surface area contributed by atoms with Gasteiger partial charge in [-0.05, 0) is 37.0 Å². The zero-order valence-corrected chi connectivity index (χ0v) is 12.5. The Hall–Kier alpha value is -1.74. The first-order chi connectivity index (χ1) is 9.31. The van der Waals surface area contributed by atoms with E-state index in [0.29, 0.717) is 0 Å². The fourth-order valence-corrected chi connectivity index (χ4v) is 2.53. The molecule has 0 bridgehead atoms. The average molecular weight is 292 g/mol. The number of benzene rings is 1. The SMILES string of the molecule is COc1cc2ccc(C3=CCCC3)nc2cc1OC.Cl. The number of allylic oxidation sites excluding steroid dienone is 2. The van der Waals surface area contributed by atoms with E-state index in [0.717, 1.165) is 34.5 Å². The van der Waals surface area contributed by atoms with Gasteiger partial charge in [-0.2, -0.15) is 0 Å². The highest BCUT2D eigenvalue weighted by atomic mass is 35.5. The van der Waals surface area contributed by atoms with E-state index in [9.17, 15) is 0 Å². The molecule has 0 aliphatic heterocycles. The summed E-state index contributed by atoms with van der Waals surface area (Å²) in [5.41, 5.74) is 3.39. The van der Waals surface area contributed by atoms with Gasteiger partial charge in [-0.1, -0.05) is 12.1 Å². The Balaban J connectivity index is 0.00000147. The summed E-state index contributed by atoms with van der Waals surface area (Å²) in [4.78, 5) is 4.74. The van der Waals surface area contributed by atoms with E-state index in [1.54, 1.807) is 14.2 Å². The van der Waals surface area contributed by atoms with E-state index in [1.165, 1.54) is 18.4 Å². The van der Waals surface area contributed by atoms with E-state index in [2.05, 4.69) is 18.2 Å². The molecule has 0 saturated heterocycles. The lowest BCUT2D eigenvalue weighted by Gasteiger charge is -2.10. The molecule has 0 atom stereocenters. The maximum atomic E-state index is 5.33. The second-order valence-electron chi connectivity index (χ2n) is 4.72. The van der Waals surface area contributed by atoms with Gasteiger partial charge >= 0.3 is 0 Å². The molecule has 1 aliphatic carbocycles. The summed E-state index contributed by atoms with van der Waals surface area (Å²) in [6.07, 6.45) is 5.82. The molecule has 3 rings (SSSR count). The minimum absolute atomic E-state index is 0. The van der Waals surface area contributed by atoms with E-state index in [1.807, 2.05) is 12.1 Å². The first-order valence-electron chi connectivity index (χ1n) is 6.54. The summed E-state index contributed by atoms with van der Waals surface area (Å²) in [7, 11) is 3.29. The van der Waals surface area contributed by atoms with Crippen LogP contribution in [0.25, 0.3) is 16.5 Å². The number of rotatable bonds is 3. The maximum absolute atomic E-state index is 5.33. The summed E-state index contributed by atoms with van der Waals surface area (Å²) in [5.74, 6) is 1.46. The van der Waals surface area contributed by atoms with Crippen LogP contribution >= 0.6 is 12.4 Å². The standard InChI is InChI=1S/C16H17NO2.ClH/c1-18-15-9-12-7-8-13(11-5-3-4-6-11)17-14(12)10-16(15)19-2;/h5,7-10H,3-4,6H2,1-2H3;1H. The molecule has 106 valence electrons. The van der Waals surface area contributed by atoms with Gasteiger partial charge in [0.2, 0.25) is 0 Å². The third kappa shape index (κ3) is 2.59. The van der Waals surface area contributed by atoms with Crippen molar-refractivity contribution in [2.24, 2.45) is 0 Å². The minimum atomic E-state index is 0. The van der Waals surface area contributed by atoms with Crippen LogP contribution in [0.2, 0.25) is 0 Å². The number of aromatic nitrogens is 1. The lowest BCUT2D eigenvalue weighted by molar-refractivity contribution is 0.356. The van der Waals surface area contributed by atoms with Crippen LogP contribution in [-0.4, -0.2) is 19.2 Å². The van der Waals surface area contributed by atoms with Crippen molar-refractivity contribution >= 4 is 28.9 Å². The smallest absolute Gasteiger partial charge is 0.162 e. The molecule has 1 aromatic heterocycles. The van der Waals surface area contributed by atoms with Crippen LogP contribution in [-0.2, 0) is 0 Å². The number of hydrogen-bond donors (Lipinski definition) is 0. The van der Waals surface area contributed by atoms with Crippen molar-refractivity contribution in [3.8, 4) is 11.5 Å². The van der Waals surface area contributed by atoms with Gasteiger partial charge in [0.25, 0.3) is 0 Å². The van der Waals surface area contributed by atoms with Crippen LogP contribution in [0.4, 0.5) is 0 Å². The van der Waals surface area contributed by atoms with Crippen molar-refractivity contribution in [3.05, 3.63) is 36.0 Å². The summed E-state index contributed by atoms with van der Waals surface area (Å²) >= 11 is 0. The Morgan fingerprint density at radius 3 is 2.45 bits per heavy atom. The number of nitrogens with zero attached hydrogens (tertiary/aromatic N) is 1. The van der Waals surface area contributed by atoms with E-state index < -0.39 is 0 Å². The Kier molecular flexibility index (Phi) is 4.50. The predicted octanol–water partition coefficient (Wildman–Crippen LogP) is 4.24. The Bertz CT molecular complexity index is 652. The molecule has 0 unspecified atom stereocenters. The van der Waals surface area contributed by atoms with Crippen molar-refractivity contribution in [2.45, 2.75) is 19.3 Å². The van der Waals surface area contributed by atoms with Crippen molar-refractivity contribution in [1.82, 2.24) is 4.98 Å². The van der Waals surface area contributed by atoms with E-state index >= 15 is 0 Å². The second-order valence-corrected chi connectivity index (χ2v) is 4.72. The van der Waals surface area contributed by atoms with Gasteiger partial charge in [0.05, 0.1) is 25.4 Å². The Morgan fingerprint density at radius 2 is 1.80 bits per heavy atom. The average Bonchev–Trinajstić information content (AvgIpc) is 2.99. The summed E-state index contributed by atoms with van der Waals surface area (Å²) < 4.78 is 10.6.